The largest absolute Gasteiger partial charge is 0.397 e. The van der Waals surface area contributed by atoms with E-state index >= 15 is 0 Å². The van der Waals surface area contributed by atoms with Gasteiger partial charge in [-0.1, -0.05) is 30.3 Å². The lowest BCUT2D eigenvalue weighted by atomic mass is 10.1. The molecule has 2 aromatic carbocycles. The van der Waals surface area contributed by atoms with Gasteiger partial charge in [0.15, 0.2) is 0 Å². The van der Waals surface area contributed by atoms with Gasteiger partial charge in [0.25, 0.3) is 0 Å². The van der Waals surface area contributed by atoms with Gasteiger partial charge < -0.3 is 21.5 Å². The Balaban J connectivity index is 1.71. The zero-order valence-electron chi connectivity index (χ0n) is 11.5. The molecule has 5 heteroatoms. The van der Waals surface area contributed by atoms with Crippen LogP contribution in [0.3, 0.4) is 0 Å². The summed E-state index contributed by atoms with van der Waals surface area (Å²) in [6, 6.07) is 13.0. The fourth-order valence-corrected chi connectivity index (χ4v) is 2.45. The van der Waals surface area contributed by atoms with Crippen molar-refractivity contribution in [3.05, 3.63) is 53.6 Å². The zero-order chi connectivity index (χ0) is 14.8. The predicted molar refractivity (Wildman–Crippen MR) is 83.1 cm³/mol. The molecule has 1 unspecified atom stereocenters. The first-order chi connectivity index (χ1) is 10.1. The Morgan fingerprint density at radius 3 is 2.81 bits per heavy atom. The maximum atomic E-state index is 11.4. The van der Waals surface area contributed by atoms with Crippen molar-refractivity contribution in [3.8, 4) is 0 Å². The first-order valence-corrected chi connectivity index (χ1v) is 6.82. The van der Waals surface area contributed by atoms with Crippen molar-refractivity contribution in [2.45, 2.75) is 12.5 Å². The fraction of sp³-hybridized carbons (Fsp3) is 0.188. The normalized spacial score (nSPS) is 14.4. The van der Waals surface area contributed by atoms with E-state index in [0.29, 0.717) is 24.3 Å². The Morgan fingerprint density at radius 2 is 2.05 bits per heavy atom. The van der Waals surface area contributed by atoms with Gasteiger partial charge in [-0.05, 0) is 23.3 Å². The summed E-state index contributed by atoms with van der Waals surface area (Å²) < 4.78 is 0. The Morgan fingerprint density at radius 1 is 1.29 bits per heavy atom. The number of hydrogen-bond acceptors (Lipinski definition) is 4. The third-order valence-corrected chi connectivity index (χ3v) is 3.57. The Kier molecular flexibility index (Phi) is 3.50. The smallest absolute Gasteiger partial charge is 0.228 e. The number of nitrogen functional groups attached to an aromatic ring is 1. The van der Waals surface area contributed by atoms with Gasteiger partial charge in [0.2, 0.25) is 5.91 Å². The molecular weight excluding hydrogens is 266 g/mol. The summed E-state index contributed by atoms with van der Waals surface area (Å²) >= 11 is 0. The molecule has 0 radical (unpaired) electrons. The predicted octanol–water partition coefficient (Wildman–Crippen LogP) is 1.91. The lowest BCUT2D eigenvalue weighted by Crippen LogP contribution is -2.13. The van der Waals surface area contributed by atoms with Crippen molar-refractivity contribution in [1.82, 2.24) is 0 Å². The SMILES string of the molecule is Nc1cc2c(cc1NCC(O)c1ccccc1)NC(=O)C2. The van der Waals surface area contributed by atoms with Crippen LogP contribution in [0.2, 0.25) is 0 Å². The number of carbonyl (C=O) groups excluding carboxylic acids is 1. The van der Waals surface area contributed by atoms with Gasteiger partial charge in [0.05, 0.1) is 23.9 Å². The third kappa shape index (κ3) is 2.83. The second-order valence-corrected chi connectivity index (χ2v) is 5.13. The highest BCUT2D eigenvalue weighted by atomic mass is 16.3. The van der Waals surface area contributed by atoms with E-state index in [0.717, 1.165) is 16.8 Å². The molecule has 0 aromatic heterocycles. The van der Waals surface area contributed by atoms with E-state index in [9.17, 15) is 9.90 Å². The zero-order valence-corrected chi connectivity index (χ0v) is 11.5. The van der Waals surface area contributed by atoms with Gasteiger partial charge in [0.1, 0.15) is 0 Å². The lowest BCUT2D eigenvalue weighted by molar-refractivity contribution is -0.115. The van der Waals surface area contributed by atoms with Crippen molar-refractivity contribution in [1.29, 1.82) is 0 Å². The van der Waals surface area contributed by atoms with Crippen LogP contribution in [-0.2, 0) is 11.2 Å². The summed E-state index contributed by atoms with van der Waals surface area (Å²) in [5.41, 5.74) is 9.81. The van der Waals surface area contributed by atoms with Crippen LogP contribution in [0.25, 0.3) is 0 Å². The van der Waals surface area contributed by atoms with Crippen LogP contribution in [0.4, 0.5) is 17.1 Å². The van der Waals surface area contributed by atoms with Crippen LogP contribution in [-0.4, -0.2) is 17.6 Å². The van der Waals surface area contributed by atoms with Crippen molar-refractivity contribution in [2.75, 3.05) is 22.9 Å². The molecule has 5 N–H and O–H groups in total. The van der Waals surface area contributed by atoms with Crippen LogP contribution in [0, 0.1) is 0 Å². The Hall–Kier alpha value is -2.53. The van der Waals surface area contributed by atoms with Crippen LogP contribution in [0.1, 0.15) is 17.2 Å². The second-order valence-electron chi connectivity index (χ2n) is 5.13. The van der Waals surface area contributed by atoms with E-state index in [4.69, 9.17) is 5.73 Å². The molecule has 1 amide bonds. The van der Waals surface area contributed by atoms with E-state index < -0.39 is 6.10 Å². The number of rotatable bonds is 4. The molecular formula is C16H17N3O2. The summed E-state index contributed by atoms with van der Waals surface area (Å²) in [6.07, 6.45) is -0.250. The van der Waals surface area contributed by atoms with Gasteiger partial charge in [-0.25, -0.2) is 0 Å². The monoisotopic (exact) mass is 283 g/mol. The molecule has 1 aliphatic heterocycles. The van der Waals surface area contributed by atoms with Crippen molar-refractivity contribution in [3.63, 3.8) is 0 Å². The molecule has 1 heterocycles. The third-order valence-electron chi connectivity index (χ3n) is 3.57. The highest BCUT2D eigenvalue weighted by Crippen LogP contribution is 2.31. The van der Waals surface area contributed by atoms with Crippen molar-refractivity contribution >= 4 is 23.0 Å². The van der Waals surface area contributed by atoms with E-state index in [1.54, 1.807) is 6.07 Å². The quantitative estimate of drug-likeness (QED) is 0.645. The number of carbonyl (C=O) groups is 1. The molecule has 5 nitrogen and oxygen atoms in total. The van der Waals surface area contributed by atoms with E-state index in [2.05, 4.69) is 10.6 Å². The average Bonchev–Trinajstić information content (AvgIpc) is 2.84. The topological polar surface area (TPSA) is 87.4 Å². The van der Waals surface area contributed by atoms with E-state index in [1.165, 1.54) is 0 Å². The maximum Gasteiger partial charge on any atom is 0.228 e. The molecule has 0 spiro atoms. The first-order valence-electron chi connectivity index (χ1n) is 6.82. The number of nitrogens with two attached hydrogens (primary N) is 1. The van der Waals surface area contributed by atoms with Crippen LogP contribution in [0.5, 0.6) is 0 Å². The first kappa shape index (κ1) is 13.5. The Labute approximate surface area is 122 Å². The Bertz CT molecular complexity index is 671. The highest BCUT2D eigenvalue weighted by molar-refractivity contribution is 6.00. The molecule has 0 bridgehead atoms. The fourth-order valence-electron chi connectivity index (χ4n) is 2.45. The van der Waals surface area contributed by atoms with E-state index in [-0.39, 0.29) is 5.91 Å². The average molecular weight is 283 g/mol. The van der Waals surface area contributed by atoms with Gasteiger partial charge >= 0.3 is 0 Å². The van der Waals surface area contributed by atoms with Gasteiger partial charge in [-0.15, -0.1) is 0 Å². The molecule has 3 rings (SSSR count). The molecule has 1 aliphatic rings. The summed E-state index contributed by atoms with van der Waals surface area (Å²) in [4.78, 5) is 11.4. The second kappa shape index (κ2) is 5.46. The lowest BCUT2D eigenvalue weighted by Gasteiger charge is -2.15. The minimum absolute atomic E-state index is 0.0223. The number of hydrogen-bond donors (Lipinski definition) is 4. The summed E-state index contributed by atoms with van der Waals surface area (Å²) in [6.45, 7) is 0.348. The van der Waals surface area contributed by atoms with Gasteiger partial charge in [-0.2, -0.15) is 0 Å². The van der Waals surface area contributed by atoms with E-state index in [1.807, 2.05) is 36.4 Å². The molecule has 0 saturated carbocycles. The summed E-state index contributed by atoms with van der Waals surface area (Å²) in [5, 5.41) is 16.1. The molecule has 0 aliphatic carbocycles. The number of aliphatic hydroxyl groups is 1. The number of anilines is 3. The number of aliphatic hydroxyl groups excluding tert-OH is 1. The molecule has 21 heavy (non-hydrogen) atoms. The number of fused-ring (bicyclic) bond motifs is 1. The van der Waals surface area contributed by atoms with Crippen molar-refractivity contribution in [2.24, 2.45) is 0 Å². The van der Waals surface area contributed by atoms with Crippen LogP contribution < -0.4 is 16.4 Å². The van der Waals surface area contributed by atoms with Crippen LogP contribution in [0.15, 0.2) is 42.5 Å². The molecule has 0 fully saturated rings. The minimum atomic E-state index is -0.617. The summed E-state index contributed by atoms with van der Waals surface area (Å²) in [7, 11) is 0. The minimum Gasteiger partial charge on any atom is -0.397 e. The number of amides is 1. The standard InChI is InChI=1S/C16H17N3O2/c17-12-6-11-7-16(21)19-13(11)8-14(12)18-9-15(20)10-4-2-1-3-5-10/h1-6,8,15,18,20H,7,9,17H2,(H,19,21). The molecule has 1 atom stereocenters. The van der Waals surface area contributed by atoms with Crippen molar-refractivity contribution < 1.29 is 9.90 Å². The maximum absolute atomic E-state index is 11.4. The van der Waals surface area contributed by atoms with Crippen LogP contribution >= 0.6 is 0 Å². The summed E-state index contributed by atoms with van der Waals surface area (Å²) in [5.74, 6) is -0.0223. The molecule has 0 saturated heterocycles. The highest BCUT2D eigenvalue weighted by Gasteiger charge is 2.19. The van der Waals surface area contributed by atoms with Gasteiger partial charge in [0, 0.05) is 12.2 Å². The number of benzene rings is 2. The van der Waals surface area contributed by atoms with Gasteiger partial charge in [-0.3, -0.25) is 4.79 Å². The molecule has 2 aromatic rings. The molecule has 108 valence electrons. The number of nitrogens with one attached hydrogen (secondary N) is 2.